The average molecular weight is 388 g/mol. The second-order valence-electron chi connectivity index (χ2n) is 7.55. The van der Waals surface area contributed by atoms with Crippen molar-refractivity contribution in [3.63, 3.8) is 0 Å². The Hall–Kier alpha value is -1.74. The van der Waals surface area contributed by atoms with E-state index in [0.29, 0.717) is 35.1 Å². The van der Waals surface area contributed by atoms with Gasteiger partial charge in [-0.15, -0.1) is 0 Å². The molecular weight excluding hydrogens is 364 g/mol. The van der Waals surface area contributed by atoms with Gasteiger partial charge in [-0.3, -0.25) is 19.9 Å². The molecule has 5 heterocycles. The van der Waals surface area contributed by atoms with Gasteiger partial charge in [-0.2, -0.15) is 0 Å². The van der Waals surface area contributed by atoms with Crippen LogP contribution < -0.4 is 5.32 Å². The largest absolute Gasteiger partial charge is 0.467 e. The molecule has 1 N–H and O–H groups in total. The summed E-state index contributed by atoms with van der Waals surface area (Å²) in [6.07, 6.45) is 5.01. The second kappa shape index (κ2) is 7.01. The Bertz CT molecular complexity index is 842. The maximum Gasteiger partial charge on any atom is 0.261 e. The average Bonchev–Trinajstić information content (AvgIpc) is 3.34. The molecule has 0 aromatic carbocycles. The summed E-state index contributed by atoms with van der Waals surface area (Å²) >= 11 is 1.62. The van der Waals surface area contributed by atoms with Crippen LogP contribution in [0.5, 0.6) is 0 Å². The third-order valence-electron chi connectivity index (χ3n) is 5.98. The van der Waals surface area contributed by atoms with Gasteiger partial charge in [0, 0.05) is 36.5 Å². The molecule has 27 heavy (non-hydrogen) atoms. The first-order chi connectivity index (χ1) is 13.2. The number of anilines is 1. The number of ether oxygens (including phenoxy) is 1. The number of hydrogen-bond acceptors (Lipinski definition) is 7. The van der Waals surface area contributed by atoms with Gasteiger partial charge in [0.15, 0.2) is 5.13 Å². The molecule has 2 atom stereocenters. The van der Waals surface area contributed by atoms with Gasteiger partial charge < -0.3 is 9.15 Å². The highest BCUT2D eigenvalue weighted by Crippen LogP contribution is 2.45. The lowest BCUT2D eigenvalue weighted by atomic mass is 10.1. The molecule has 8 heteroatoms. The number of nitrogens with one attached hydrogen (secondary N) is 1. The van der Waals surface area contributed by atoms with Crippen LogP contribution in [0.2, 0.25) is 0 Å². The van der Waals surface area contributed by atoms with E-state index in [1.165, 1.54) is 23.4 Å². The van der Waals surface area contributed by atoms with Crippen molar-refractivity contribution < 1.29 is 13.9 Å². The van der Waals surface area contributed by atoms with Crippen LogP contribution in [0.15, 0.2) is 16.7 Å². The Morgan fingerprint density at radius 2 is 2.22 bits per heavy atom. The minimum absolute atomic E-state index is 0.142. The molecule has 3 aliphatic rings. The van der Waals surface area contributed by atoms with E-state index in [9.17, 15) is 4.79 Å². The molecule has 2 aromatic rings. The first-order valence-corrected chi connectivity index (χ1v) is 10.4. The van der Waals surface area contributed by atoms with Crippen molar-refractivity contribution in [2.45, 2.75) is 37.9 Å². The molecule has 0 saturated carbocycles. The number of carbonyl (C=O) groups excluding carboxylic acids is 1. The third-order valence-corrected chi connectivity index (χ3v) is 7.10. The molecule has 0 radical (unpaired) electrons. The SMILES string of the molecule is CN1C2CCC1c1sc(NC(=O)c3ccoc3CN3CCOCC3)nc1C2. The van der Waals surface area contributed by atoms with E-state index in [-0.39, 0.29) is 5.91 Å². The maximum atomic E-state index is 12.8. The normalized spacial score (nSPS) is 25.5. The first kappa shape index (κ1) is 17.4. The number of amides is 1. The van der Waals surface area contributed by atoms with Crippen molar-refractivity contribution in [2.24, 2.45) is 0 Å². The highest BCUT2D eigenvalue weighted by molar-refractivity contribution is 7.16. The quantitative estimate of drug-likeness (QED) is 0.868. The van der Waals surface area contributed by atoms with Crippen LogP contribution in [-0.4, -0.2) is 60.1 Å². The summed E-state index contributed by atoms with van der Waals surface area (Å²) in [5.74, 6) is 0.561. The van der Waals surface area contributed by atoms with E-state index in [2.05, 4.69) is 22.2 Å². The topological polar surface area (TPSA) is 70.8 Å². The summed E-state index contributed by atoms with van der Waals surface area (Å²) < 4.78 is 11.0. The molecule has 7 nitrogen and oxygen atoms in total. The Morgan fingerprint density at radius 1 is 1.37 bits per heavy atom. The molecule has 144 valence electrons. The summed E-state index contributed by atoms with van der Waals surface area (Å²) in [6, 6.07) is 2.81. The smallest absolute Gasteiger partial charge is 0.261 e. The van der Waals surface area contributed by atoms with Crippen molar-refractivity contribution in [1.82, 2.24) is 14.8 Å². The van der Waals surface area contributed by atoms with E-state index in [1.54, 1.807) is 23.7 Å². The van der Waals surface area contributed by atoms with Crippen molar-refractivity contribution in [1.29, 1.82) is 0 Å². The number of thiazole rings is 1. The zero-order valence-electron chi connectivity index (χ0n) is 15.4. The van der Waals surface area contributed by atoms with Crippen molar-refractivity contribution >= 4 is 22.4 Å². The van der Waals surface area contributed by atoms with Crippen LogP contribution in [0.4, 0.5) is 5.13 Å². The number of fused-ring (bicyclic) bond motifs is 4. The fraction of sp³-hybridized carbons (Fsp3) is 0.579. The van der Waals surface area contributed by atoms with Crippen LogP contribution in [0.3, 0.4) is 0 Å². The molecule has 3 aliphatic heterocycles. The summed E-state index contributed by atoms with van der Waals surface area (Å²) in [4.78, 5) is 23.6. The van der Waals surface area contributed by atoms with Gasteiger partial charge in [-0.05, 0) is 26.0 Å². The van der Waals surface area contributed by atoms with Gasteiger partial charge in [0.25, 0.3) is 5.91 Å². The number of likely N-dealkylation sites (N-methyl/N-ethyl adjacent to an activating group) is 1. The molecule has 5 rings (SSSR count). The molecule has 2 aromatic heterocycles. The van der Waals surface area contributed by atoms with Gasteiger partial charge in [0.1, 0.15) is 5.76 Å². The van der Waals surface area contributed by atoms with Crippen LogP contribution in [0, 0.1) is 0 Å². The van der Waals surface area contributed by atoms with Gasteiger partial charge in [0.05, 0.1) is 37.3 Å². The predicted octanol–water partition coefficient (Wildman–Crippen LogP) is 2.51. The number of morpholine rings is 1. The molecule has 2 saturated heterocycles. The van der Waals surface area contributed by atoms with Gasteiger partial charge in [-0.1, -0.05) is 11.3 Å². The number of rotatable bonds is 4. The zero-order chi connectivity index (χ0) is 18.4. The molecule has 0 aliphatic carbocycles. The van der Waals surface area contributed by atoms with Crippen molar-refractivity contribution in [3.8, 4) is 0 Å². The van der Waals surface area contributed by atoms with Crippen LogP contribution in [0.1, 0.15) is 45.6 Å². The van der Waals surface area contributed by atoms with Gasteiger partial charge in [-0.25, -0.2) is 4.98 Å². The molecule has 2 unspecified atom stereocenters. The number of aromatic nitrogens is 1. The molecule has 2 fully saturated rings. The van der Waals surface area contributed by atoms with E-state index in [0.717, 1.165) is 32.7 Å². The minimum Gasteiger partial charge on any atom is -0.467 e. The van der Waals surface area contributed by atoms with Crippen LogP contribution in [0.25, 0.3) is 0 Å². The maximum absolute atomic E-state index is 12.8. The van der Waals surface area contributed by atoms with E-state index in [4.69, 9.17) is 14.1 Å². The minimum atomic E-state index is -0.142. The highest BCUT2D eigenvalue weighted by atomic mass is 32.1. The van der Waals surface area contributed by atoms with Gasteiger partial charge >= 0.3 is 0 Å². The van der Waals surface area contributed by atoms with Crippen LogP contribution in [-0.2, 0) is 17.7 Å². The van der Waals surface area contributed by atoms with Gasteiger partial charge in [0.2, 0.25) is 0 Å². The lowest BCUT2D eigenvalue weighted by molar-refractivity contribution is 0.0312. The summed E-state index contributed by atoms with van der Waals surface area (Å²) in [7, 11) is 2.20. The molecule has 0 spiro atoms. The molecule has 2 bridgehead atoms. The number of hydrogen-bond donors (Lipinski definition) is 1. The molecule has 1 amide bonds. The Kier molecular flexibility index (Phi) is 4.51. The fourth-order valence-electron chi connectivity index (χ4n) is 4.41. The summed E-state index contributed by atoms with van der Waals surface area (Å²) in [5.41, 5.74) is 1.76. The predicted molar refractivity (Wildman–Crippen MR) is 102 cm³/mol. The summed E-state index contributed by atoms with van der Waals surface area (Å²) in [5, 5.41) is 3.70. The highest BCUT2D eigenvalue weighted by Gasteiger charge is 2.39. The first-order valence-electron chi connectivity index (χ1n) is 9.58. The molecular formula is C19H24N4O3S. The lowest BCUT2D eigenvalue weighted by Gasteiger charge is -2.29. The second-order valence-corrected chi connectivity index (χ2v) is 8.58. The number of carbonyl (C=O) groups is 1. The standard InChI is InChI=1S/C19H24N4O3S/c1-22-12-2-3-15(22)17-14(10-12)20-19(27-17)21-18(24)13-4-7-26-16(13)11-23-5-8-25-9-6-23/h4,7,12,15H,2-3,5-6,8-11H2,1H3,(H,20,21,24). The Balaban J connectivity index is 1.30. The van der Waals surface area contributed by atoms with E-state index >= 15 is 0 Å². The zero-order valence-corrected chi connectivity index (χ0v) is 16.3. The van der Waals surface area contributed by atoms with E-state index < -0.39 is 0 Å². The lowest BCUT2D eigenvalue weighted by Crippen LogP contribution is -2.36. The number of furan rings is 1. The fourth-order valence-corrected chi connectivity index (χ4v) is 5.59. The third kappa shape index (κ3) is 3.20. The van der Waals surface area contributed by atoms with Crippen molar-refractivity contribution in [2.75, 3.05) is 38.7 Å². The summed E-state index contributed by atoms with van der Waals surface area (Å²) in [6.45, 7) is 3.79. The van der Waals surface area contributed by atoms with E-state index in [1.807, 2.05) is 0 Å². The van der Waals surface area contributed by atoms with Crippen LogP contribution >= 0.6 is 11.3 Å². The Labute approximate surface area is 162 Å². The van der Waals surface area contributed by atoms with Crippen molar-refractivity contribution in [3.05, 3.63) is 34.2 Å². The number of nitrogens with zero attached hydrogens (tertiary/aromatic N) is 3. The Morgan fingerprint density at radius 3 is 3.07 bits per heavy atom. The monoisotopic (exact) mass is 388 g/mol.